The van der Waals surface area contributed by atoms with Crippen molar-refractivity contribution in [2.45, 2.75) is 226 Å². The normalized spacial score (nSPS) is 34.4. The Balaban J connectivity index is 0.826. The predicted molar refractivity (Wildman–Crippen MR) is 339 cm³/mol. The molecule has 0 bridgehead atoms. The largest absolute Gasteiger partial charge is 0.394 e. The minimum atomic E-state index is -1.99. The lowest BCUT2D eigenvalue weighted by Gasteiger charge is -2.49. The maximum absolute atomic E-state index is 14.7. The average molecular weight is 1480 g/mol. The first kappa shape index (κ1) is 78.1. The van der Waals surface area contributed by atoms with Gasteiger partial charge < -0.3 is 105 Å². The fraction of sp³-hybridized carbons (Fsp3) is 0.682. The molecule has 574 valence electrons. The molecule has 5 amide bonds. The van der Waals surface area contributed by atoms with Crippen molar-refractivity contribution < 1.29 is 129 Å². The molecule has 3 saturated carbocycles. The Morgan fingerprint density at radius 3 is 1.67 bits per heavy atom. The van der Waals surface area contributed by atoms with Gasteiger partial charge in [-0.15, -0.1) is 10.2 Å². The molecule has 6 heterocycles. The van der Waals surface area contributed by atoms with Crippen LogP contribution < -0.4 is 21.3 Å². The fourth-order valence-electron chi connectivity index (χ4n) is 14.9. The van der Waals surface area contributed by atoms with Gasteiger partial charge in [0.05, 0.1) is 56.0 Å². The lowest BCUT2D eigenvalue weighted by atomic mass is 9.80. The minimum Gasteiger partial charge on any atom is -0.394 e. The summed E-state index contributed by atoms with van der Waals surface area (Å²) in [6.07, 6.45) is -22.5. The van der Waals surface area contributed by atoms with E-state index in [1.165, 1.54) is 20.8 Å². The van der Waals surface area contributed by atoms with Crippen molar-refractivity contribution in [1.29, 1.82) is 0 Å². The van der Waals surface area contributed by atoms with Gasteiger partial charge in [0.1, 0.15) is 96.7 Å². The molecule has 0 radical (unpaired) electrons. The van der Waals surface area contributed by atoms with Crippen LogP contribution in [-0.4, -0.2) is 272 Å². The number of carbonyl (C=O) groups is 5. The maximum atomic E-state index is 14.7. The van der Waals surface area contributed by atoms with Crippen molar-refractivity contribution in [3.8, 4) is 22.5 Å². The number of benzene rings is 2. The van der Waals surface area contributed by atoms with E-state index >= 15 is 0 Å². The summed E-state index contributed by atoms with van der Waals surface area (Å²) in [7, 11) is 0. The smallest absolute Gasteiger partial charge is 0.251 e. The van der Waals surface area contributed by atoms with Gasteiger partial charge in [0, 0.05) is 63.0 Å². The van der Waals surface area contributed by atoms with Crippen LogP contribution >= 0.6 is 0 Å². The van der Waals surface area contributed by atoms with Gasteiger partial charge in [0.25, 0.3) is 5.91 Å². The van der Waals surface area contributed by atoms with E-state index < -0.39 is 218 Å². The van der Waals surface area contributed by atoms with E-state index in [-0.39, 0.29) is 79.5 Å². The van der Waals surface area contributed by atoms with E-state index in [0.717, 1.165) is 60.3 Å². The molecule has 0 spiro atoms. The van der Waals surface area contributed by atoms with Gasteiger partial charge in [-0.2, -0.15) is 0 Å². The fourth-order valence-corrected chi connectivity index (χ4v) is 14.9. The van der Waals surface area contributed by atoms with Crippen molar-refractivity contribution in [3.05, 3.63) is 71.6 Å². The molecule has 11 rings (SSSR count). The Labute approximate surface area is 590 Å². The quantitative estimate of drug-likeness (QED) is 0.0220. The zero-order valence-corrected chi connectivity index (χ0v) is 56.7. The Morgan fingerprint density at radius 2 is 1.11 bits per heavy atom. The summed E-state index contributed by atoms with van der Waals surface area (Å²) < 4.78 is 131. The van der Waals surface area contributed by atoms with E-state index in [2.05, 4.69) is 41.9 Å². The molecule has 2 aromatic carbocycles. The first-order valence-electron chi connectivity index (χ1n) is 34.7. The number of hydrogen-bond donors (Lipinski definition) is 13. The molecular formula is C66H87F6N11O21. The number of rotatable bonds is 24. The number of likely N-dealkylation sites (tertiary alicyclic amines) is 1. The molecule has 4 aliphatic heterocycles. The highest BCUT2D eigenvalue weighted by atomic mass is 19.2. The van der Waals surface area contributed by atoms with Crippen molar-refractivity contribution in [1.82, 2.24) is 56.2 Å². The van der Waals surface area contributed by atoms with E-state index in [1.807, 2.05) is 0 Å². The SMILES string of the molecule is CC(=O)NC1CC(C(=O)NCCNC(=O)C2CC(n3cc(-c4cc(F)c(F)c(F)c4)nn3)C(O)[C@H](O[C@@H]3OC(CO)[C@H](O)C(n4cc(-c5cc(F)c(F)c(F)c5)nn4)C3O)C2)C[C@@H](O[C@@H]2OC(CO)[C@H](O)C(O[C@@H](CC3CCCCC3)C(=O)N3CCC3)C2NC(C)=O)C1O[C@@H]1OC(C)[C@@H](O)[C@H](O)C1O. The highest BCUT2D eigenvalue weighted by molar-refractivity contribution is 5.82. The van der Waals surface area contributed by atoms with Gasteiger partial charge >= 0.3 is 0 Å². The molecule has 2 aromatic heterocycles. The Bertz CT molecular complexity index is 3610. The van der Waals surface area contributed by atoms with Crippen LogP contribution in [0.15, 0.2) is 36.7 Å². The average Bonchev–Trinajstić information content (AvgIpc) is 0.922. The van der Waals surface area contributed by atoms with Gasteiger partial charge in [0.2, 0.25) is 23.6 Å². The van der Waals surface area contributed by atoms with Crippen LogP contribution in [0.5, 0.6) is 0 Å². The summed E-state index contributed by atoms with van der Waals surface area (Å²) in [6, 6.07) is -3.09. The Kier molecular flexibility index (Phi) is 25.4. The number of aliphatic hydroxyl groups is 9. The molecule has 7 fully saturated rings. The molecule has 7 aliphatic rings. The number of aromatic nitrogens is 6. The third kappa shape index (κ3) is 17.3. The van der Waals surface area contributed by atoms with E-state index in [4.69, 9.17) is 33.2 Å². The van der Waals surface area contributed by atoms with Crippen LogP contribution in [0.2, 0.25) is 0 Å². The first-order chi connectivity index (χ1) is 49.6. The van der Waals surface area contributed by atoms with Crippen molar-refractivity contribution in [2.75, 3.05) is 39.4 Å². The van der Waals surface area contributed by atoms with Crippen LogP contribution in [-0.2, 0) is 57.1 Å². The molecule has 4 aromatic rings. The number of nitrogens with one attached hydrogen (secondary N) is 4. The summed E-state index contributed by atoms with van der Waals surface area (Å²) in [5.41, 5.74) is -1.04. The topological polar surface area (TPSA) is 445 Å². The summed E-state index contributed by atoms with van der Waals surface area (Å²) >= 11 is 0. The maximum Gasteiger partial charge on any atom is 0.251 e. The summed E-state index contributed by atoms with van der Waals surface area (Å²) in [5, 5.41) is 128. The lowest BCUT2D eigenvalue weighted by Crippen LogP contribution is -2.68. The van der Waals surface area contributed by atoms with Gasteiger partial charge in [0.15, 0.2) is 53.8 Å². The number of amides is 5. The third-order valence-corrected chi connectivity index (χ3v) is 20.5. The van der Waals surface area contributed by atoms with Gasteiger partial charge in [-0.05, 0) is 75.6 Å². The lowest BCUT2D eigenvalue weighted by molar-refractivity contribution is -0.335. The number of ether oxygens (including phenoxy) is 7. The van der Waals surface area contributed by atoms with Gasteiger partial charge in [-0.1, -0.05) is 42.5 Å². The molecule has 4 saturated heterocycles. The minimum absolute atomic E-state index is 0.0855. The third-order valence-electron chi connectivity index (χ3n) is 20.5. The van der Waals surface area contributed by atoms with Crippen molar-refractivity contribution in [3.63, 3.8) is 0 Å². The van der Waals surface area contributed by atoms with Crippen molar-refractivity contribution >= 4 is 29.5 Å². The first-order valence-corrected chi connectivity index (χ1v) is 34.7. The second-order valence-electron chi connectivity index (χ2n) is 27.7. The second-order valence-corrected chi connectivity index (χ2v) is 27.7. The van der Waals surface area contributed by atoms with Crippen LogP contribution in [0.25, 0.3) is 22.5 Å². The number of aliphatic hydroxyl groups excluding tert-OH is 9. The number of halogens is 6. The molecule has 3 aliphatic carbocycles. The molecule has 14 unspecified atom stereocenters. The van der Waals surface area contributed by atoms with Crippen molar-refractivity contribution in [2.24, 2.45) is 17.8 Å². The Morgan fingerprint density at radius 1 is 0.577 bits per heavy atom. The molecule has 38 heteroatoms. The monoisotopic (exact) mass is 1480 g/mol. The summed E-state index contributed by atoms with van der Waals surface area (Å²) in [5.74, 6) is -15.1. The Hall–Kier alpha value is -6.99. The standard InChI is InChI=1S/C66H87F6N11O21/c1-27-52(88)57(93)58(94)66(98-27)104-59-39(75-28(2)86)19-33(22-44(59)101-64-50(76-29(3)87)60(55(91)47(26-85)102-64)99-45(63(97)81-12-7-13-81)14-30-8-5-4-6-9-30)61(95)73-10-11-74-62(96)34-20-42(82-23-40(77-79-82)31-15-35(67)48(71)36(68)16-31)53(89)43(21-34)100-65-56(92)51(54(90)46(25-84)103-65)83-24-41(78-80-83)32-17-37(69)49(72)38(70)18-32/h15-18,23-24,27,30,33-34,39,42-47,50-60,64-66,84-85,88-94H,4-14,19-22,25-26H2,1-3H3,(H,73,95)(H,74,96)(H,75,86)(H,76,87)/t27?,33?,34?,39?,42?,43-,44-,45+,46?,47?,50?,51?,52-,53?,54+,55+,56?,57+,58?,59?,60?,64-,65-,66+/m1/s1. The number of nitrogens with zero attached hydrogens (tertiary/aromatic N) is 7. The zero-order chi connectivity index (χ0) is 74.7. The van der Waals surface area contributed by atoms with Crippen LogP contribution in [0.3, 0.4) is 0 Å². The van der Waals surface area contributed by atoms with Gasteiger partial charge in [-0.25, -0.2) is 35.7 Å². The van der Waals surface area contributed by atoms with Crippen LogP contribution in [0.1, 0.15) is 103 Å². The van der Waals surface area contributed by atoms with Crippen LogP contribution in [0.4, 0.5) is 26.3 Å². The number of carbonyl (C=O) groups excluding carboxylic acids is 5. The second kappa shape index (κ2) is 33.9. The highest BCUT2D eigenvalue weighted by Crippen LogP contribution is 2.42. The summed E-state index contributed by atoms with van der Waals surface area (Å²) in [4.78, 5) is 71.4. The van der Waals surface area contributed by atoms with Crippen LogP contribution in [0, 0.1) is 52.7 Å². The molecular weight excluding hydrogens is 1400 g/mol. The summed E-state index contributed by atoms with van der Waals surface area (Å²) in [6.45, 7) is 2.31. The molecule has 104 heavy (non-hydrogen) atoms. The predicted octanol–water partition coefficient (Wildman–Crippen LogP) is -1.30. The van der Waals surface area contributed by atoms with Gasteiger partial charge in [-0.3, -0.25) is 24.0 Å². The molecule has 32 nitrogen and oxygen atoms in total. The highest BCUT2D eigenvalue weighted by Gasteiger charge is 2.55. The van der Waals surface area contributed by atoms with E-state index in [0.29, 0.717) is 37.4 Å². The zero-order valence-electron chi connectivity index (χ0n) is 56.7. The molecule has 24 atom stereocenters. The van der Waals surface area contributed by atoms with E-state index in [9.17, 15) is 96.3 Å². The number of hydrogen-bond acceptors (Lipinski definition) is 25. The van der Waals surface area contributed by atoms with E-state index in [1.54, 1.807) is 4.90 Å². The molecule has 13 N–H and O–H groups in total.